The molecule has 0 amide bonds. The third kappa shape index (κ3) is 3.40. The predicted octanol–water partition coefficient (Wildman–Crippen LogP) is 2.98. The summed E-state index contributed by atoms with van der Waals surface area (Å²) in [6, 6.07) is 7.86. The van der Waals surface area contributed by atoms with Gasteiger partial charge in [-0.15, -0.1) is 0 Å². The quantitative estimate of drug-likeness (QED) is 0.867. The topological polar surface area (TPSA) is 38.3 Å². The van der Waals surface area contributed by atoms with Gasteiger partial charge in [-0.2, -0.15) is 0 Å². The molecule has 1 heterocycles. The second kappa shape index (κ2) is 6.89. The number of benzene rings is 1. The summed E-state index contributed by atoms with van der Waals surface area (Å²) in [7, 11) is 1.66. The van der Waals surface area contributed by atoms with E-state index in [1.165, 1.54) is 0 Å². The highest BCUT2D eigenvalue weighted by molar-refractivity contribution is 5.87. The van der Waals surface area contributed by atoms with Crippen LogP contribution in [0.5, 0.6) is 5.75 Å². The fourth-order valence-electron chi connectivity index (χ4n) is 3.21. The Morgan fingerprint density at radius 1 is 1.35 bits per heavy atom. The Labute approximate surface area is 121 Å². The predicted molar refractivity (Wildman–Crippen MR) is 81.1 cm³/mol. The minimum atomic E-state index is -0.108. The van der Waals surface area contributed by atoms with E-state index in [0.717, 1.165) is 50.1 Å². The van der Waals surface area contributed by atoms with Gasteiger partial charge in [0, 0.05) is 11.8 Å². The summed E-state index contributed by atoms with van der Waals surface area (Å²) in [4.78, 5) is 12.8. The molecule has 0 bridgehead atoms. The molecule has 3 heteroatoms. The van der Waals surface area contributed by atoms with Crippen LogP contribution in [0.25, 0.3) is 0 Å². The molecule has 1 aromatic rings. The zero-order chi connectivity index (χ0) is 14.4. The zero-order valence-electron chi connectivity index (χ0n) is 12.6. The third-order valence-electron chi connectivity index (χ3n) is 4.38. The summed E-state index contributed by atoms with van der Waals surface area (Å²) in [5.74, 6) is 1.22. The molecule has 1 N–H and O–H groups in total. The van der Waals surface area contributed by atoms with Gasteiger partial charge in [0.25, 0.3) is 0 Å². The van der Waals surface area contributed by atoms with Gasteiger partial charge in [0.1, 0.15) is 11.5 Å². The Kier molecular flexibility index (Phi) is 5.18. The molecule has 0 aromatic heterocycles. The summed E-state index contributed by atoms with van der Waals surface area (Å²) >= 11 is 0. The van der Waals surface area contributed by atoms with Gasteiger partial charge in [-0.3, -0.25) is 4.79 Å². The molecule has 2 rings (SSSR count). The number of carbonyl (C=O) groups is 1. The maximum Gasteiger partial charge on any atom is 0.143 e. The number of ether oxygens (including phenoxy) is 1. The van der Waals surface area contributed by atoms with Crippen LogP contribution in [0, 0.1) is 5.41 Å². The first-order valence-electron chi connectivity index (χ1n) is 7.57. The second-order valence-corrected chi connectivity index (χ2v) is 5.73. The molecule has 1 aliphatic heterocycles. The van der Waals surface area contributed by atoms with E-state index in [4.69, 9.17) is 4.74 Å². The summed E-state index contributed by atoms with van der Waals surface area (Å²) < 4.78 is 5.23. The second-order valence-electron chi connectivity index (χ2n) is 5.73. The lowest BCUT2D eigenvalue weighted by atomic mass is 9.70. The number of Topliss-reactive ketones (excluding diaryl/α,β-unsaturated/α-hetero) is 1. The summed E-state index contributed by atoms with van der Waals surface area (Å²) in [5, 5.41) is 3.36. The van der Waals surface area contributed by atoms with E-state index >= 15 is 0 Å². The van der Waals surface area contributed by atoms with E-state index in [9.17, 15) is 4.79 Å². The number of carbonyl (C=O) groups excluding carboxylic acids is 1. The largest absolute Gasteiger partial charge is 0.497 e. The van der Waals surface area contributed by atoms with Gasteiger partial charge in [0.05, 0.1) is 7.11 Å². The molecule has 1 aromatic carbocycles. The van der Waals surface area contributed by atoms with Crippen molar-refractivity contribution in [1.82, 2.24) is 5.32 Å². The zero-order valence-corrected chi connectivity index (χ0v) is 12.6. The highest BCUT2D eigenvalue weighted by Crippen LogP contribution is 2.36. The third-order valence-corrected chi connectivity index (χ3v) is 4.38. The fourth-order valence-corrected chi connectivity index (χ4v) is 3.21. The molecule has 0 atom stereocenters. The molecule has 110 valence electrons. The molecule has 0 unspecified atom stereocenters. The van der Waals surface area contributed by atoms with Gasteiger partial charge in [0.15, 0.2) is 0 Å². The van der Waals surface area contributed by atoms with E-state index in [1.807, 2.05) is 24.3 Å². The number of piperidine rings is 1. The first kappa shape index (κ1) is 15.0. The highest BCUT2D eigenvalue weighted by Gasteiger charge is 2.37. The Morgan fingerprint density at radius 3 is 2.75 bits per heavy atom. The van der Waals surface area contributed by atoms with Crippen LogP contribution in [0.1, 0.15) is 38.2 Å². The summed E-state index contributed by atoms with van der Waals surface area (Å²) in [5.41, 5.74) is 0.951. The van der Waals surface area contributed by atoms with Crippen molar-refractivity contribution in [1.29, 1.82) is 0 Å². The van der Waals surface area contributed by atoms with Gasteiger partial charge in [-0.05, 0) is 50.0 Å². The Morgan fingerprint density at radius 2 is 2.10 bits per heavy atom. The Balaban J connectivity index is 2.11. The van der Waals surface area contributed by atoms with Crippen molar-refractivity contribution >= 4 is 5.78 Å². The average molecular weight is 275 g/mol. The number of nitrogens with one attached hydrogen (secondary N) is 1. The van der Waals surface area contributed by atoms with Crippen molar-refractivity contribution in [3.05, 3.63) is 29.8 Å². The smallest absolute Gasteiger partial charge is 0.143 e. The molecule has 1 aliphatic rings. The number of ketones is 1. The van der Waals surface area contributed by atoms with Crippen LogP contribution in [-0.4, -0.2) is 26.0 Å². The van der Waals surface area contributed by atoms with Gasteiger partial charge in [-0.1, -0.05) is 25.5 Å². The maximum atomic E-state index is 12.8. The molecule has 3 nitrogen and oxygen atoms in total. The molecule has 1 fully saturated rings. The number of rotatable bonds is 6. The minimum Gasteiger partial charge on any atom is -0.497 e. The van der Waals surface area contributed by atoms with Gasteiger partial charge in [0.2, 0.25) is 0 Å². The molecule has 0 aliphatic carbocycles. The monoisotopic (exact) mass is 275 g/mol. The van der Waals surface area contributed by atoms with Crippen LogP contribution in [0.2, 0.25) is 0 Å². The minimum absolute atomic E-state index is 0.108. The van der Waals surface area contributed by atoms with Gasteiger partial charge in [-0.25, -0.2) is 0 Å². The number of hydrogen-bond acceptors (Lipinski definition) is 3. The van der Waals surface area contributed by atoms with Gasteiger partial charge < -0.3 is 10.1 Å². The Bertz CT molecular complexity index is 445. The van der Waals surface area contributed by atoms with Gasteiger partial charge >= 0.3 is 0 Å². The highest BCUT2D eigenvalue weighted by atomic mass is 16.5. The van der Waals surface area contributed by atoms with Crippen LogP contribution in [0.15, 0.2) is 24.3 Å². The maximum absolute atomic E-state index is 12.8. The first-order valence-corrected chi connectivity index (χ1v) is 7.57. The standard InChI is InChI=1S/C17H25NO2/c1-3-7-17(8-10-18-11-9-17)16(19)13-14-5-4-6-15(12-14)20-2/h4-6,12,18H,3,7-11,13H2,1-2H3. The lowest BCUT2D eigenvalue weighted by molar-refractivity contribution is -0.130. The molecule has 0 radical (unpaired) electrons. The molecular formula is C17H25NO2. The lowest BCUT2D eigenvalue weighted by Gasteiger charge is -2.36. The lowest BCUT2D eigenvalue weighted by Crippen LogP contribution is -2.42. The molecule has 20 heavy (non-hydrogen) atoms. The van der Waals surface area contributed by atoms with Crippen LogP contribution >= 0.6 is 0 Å². The van der Waals surface area contributed by atoms with E-state index in [0.29, 0.717) is 12.2 Å². The Hall–Kier alpha value is -1.35. The van der Waals surface area contributed by atoms with E-state index in [1.54, 1.807) is 7.11 Å². The van der Waals surface area contributed by atoms with Crippen molar-refractivity contribution in [2.45, 2.75) is 39.0 Å². The molecule has 1 saturated heterocycles. The molecule has 0 saturated carbocycles. The van der Waals surface area contributed by atoms with Crippen molar-refractivity contribution in [3.8, 4) is 5.75 Å². The van der Waals surface area contributed by atoms with Crippen molar-refractivity contribution < 1.29 is 9.53 Å². The van der Waals surface area contributed by atoms with Crippen LogP contribution in [0.3, 0.4) is 0 Å². The molecular weight excluding hydrogens is 250 g/mol. The average Bonchev–Trinajstić information content (AvgIpc) is 2.48. The van der Waals surface area contributed by atoms with E-state index in [2.05, 4.69) is 12.2 Å². The van der Waals surface area contributed by atoms with Crippen LogP contribution < -0.4 is 10.1 Å². The van der Waals surface area contributed by atoms with E-state index < -0.39 is 0 Å². The first-order chi connectivity index (χ1) is 9.70. The number of methoxy groups -OCH3 is 1. The van der Waals surface area contributed by atoms with Crippen LogP contribution in [0.4, 0.5) is 0 Å². The van der Waals surface area contributed by atoms with Crippen LogP contribution in [-0.2, 0) is 11.2 Å². The van der Waals surface area contributed by atoms with Crippen molar-refractivity contribution in [2.75, 3.05) is 20.2 Å². The fraction of sp³-hybridized carbons (Fsp3) is 0.588. The summed E-state index contributed by atoms with van der Waals surface area (Å²) in [6.07, 6.45) is 4.56. The van der Waals surface area contributed by atoms with Crippen molar-refractivity contribution in [3.63, 3.8) is 0 Å². The molecule has 0 spiro atoms. The van der Waals surface area contributed by atoms with Crippen molar-refractivity contribution in [2.24, 2.45) is 5.41 Å². The SMILES string of the molecule is CCCC1(C(=O)Cc2cccc(OC)c2)CCNCC1. The van der Waals surface area contributed by atoms with E-state index in [-0.39, 0.29) is 5.41 Å². The number of hydrogen-bond donors (Lipinski definition) is 1. The normalized spacial score (nSPS) is 17.7. The summed E-state index contributed by atoms with van der Waals surface area (Å²) in [6.45, 7) is 4.09.